The number of hydrogen-bond donors (Lipinski definition) is 1. The molecule has 13 aromatic rings. The summed E-state index contributed by atoms with van der Waals surface area (Å²) in [6.45, 7) is 0. The van der Waals surface area contributed by atoms with Crippen molar-refractivity contribution in [3.05, 3.63) is 212 Å². The van der Waals surface area contributed by atoms with E-state index in [0.29, 0.717) is 0 Å². The molecule has 1 N–H and O–H groups in total. The normalized spacial score (nSPS) is 11.9. The Bertz CT molecular complexity index is 3720. The van der Waals surface area contributed by atoms with Crippen LogP contribution in [0, 0.1) is 0 Å². The summed E-state index contributed by atoms with van der Waals surface area (Å²) in [4.78, 5) is 19.5. The van der Waals surface area contributed by atoms with Gasteiger partial charge < -0.3 is 14.8 Å². The fraction of sp³-hybridized carbons (Fsp3) is 0. The largest absolute Gasteiger partial charge is 0.337 e. The van der Waals surface area contributed by atoms with E-state index >= 15 is 0 Å². The molecule has 0 unspecified atom stereocenters. The van der Waals surface area contributed by atoms with Crippen molar-refractivity contribution in [2.75, 3.05) is 9.80 Å². The topological polar surface area (TPSA) is 52.5 Å². The van der Waals surface area contributed by atoms with Crippen molar-refractivity contribution in [1.29, 1.82) is 0 Å². The molecule has 0 atom stereocenters. The molecule has 6 nitrogen and oxygen atoms in total. The van der Waals surface area contributed by atoms with Gasteiger partial charge in [-0.15, -0.1) is 0 Å². The van der Waals surface area contributed by atoms with Gasteiger partial charge in [0.2, 0.25) is 0 Å². The summed E-state index contributed by atoms with van der Waals surface area (Å²) < 4.78 is 2.39. The van der Waals surface area contributed by atoms with E-state index in [1.54, 1.807) is 0 Å². The van der Waals surface area contributed by atoms with Gasteiger partial charge in [-0.2, -0.15) is 0 Å². The number of fused-ring (bicyclic) bond motifs is 11. The third-order valence-corrected chi connectivity index (χ3v) is 12.4. The molecule has 0 saturated carbocycles. The zero-order valence-corrected chi connectivity index (χ0v) is 33.4. The lowest BCUT2D eigenvalue weighted by Gasteiger charge is -2.27. The second-order valence-electron chi connectivity index (χ2n) is 15.9. The van der Waals surface area contributed by atoms with Gasteiger partial charge in [-0.05, 0) is 83.1 Å². The minimum atomic E-state index is 0.769. The monoisotopic (exact) mass is 792 g/mol. The maximum Gasteiger partial charge on any atom is 0.165 e. The highest BCUT2D eigenvalue weighted by molar-refractivity contribution is 6.31. The SMILES string of the molecule is c1ccc(N(c2ccccc2)c2cccc(-c3cccc4c3[nH]c3nc5c6cccc7c8c9ccccc9cc(N(c9ccccc9)c9ccccc9)c8n(c5nc34)c67)c2)cc1. The maximum atomic E-state index is 5.63. The van der Waals surface area contributed by atoms with Gasteiger partial charge in [-0.3, -0.25) is 4.40 Å². The van der Waals surface area contributed by atoms with Crippen LogP contribution in [0.5, 0.6) is 0 Å². The molecule has 0 aliphatic carbocycles. The highest BCUT2D eigenvalue weighted by Crippen LogP contribution is 2.48. The standard InChI is InChI=1S/C56H36N6/c1-5-20-38(21-6-1)60(39-22-7-2-8-23-39)42-28-15-19-36(34-42)44-30-16-32-46-50(44)57-55-51(46)59-56-52(58-55)47-33-17-31-45-49-43-29-14-13-18-37(43)35-48(54(49)62(56)53(45)47)61(40-24-9-3-10-25-40)41-26-11-4-12-27-41/h1-35H,(H,57,58). The highest BCUT2D eigenvalue weighted by atomic mass is 15.2. The summed E-state index contributed by atoms with van der Waals surface area (Å²) in [6.07, 6.45) is 0. The first kappa shape index (κ1) is 34.4. The highest BCUT2D eigenvalue weighted by Gasteiger charge is 2.27. The summed E-state index contributed by atoms with van der Waals surface area (Å²) in [6, 6.07) is 75.4. The van der Waals surface area contributed by atoms with Crippen LogP contribution in [0.25, 0.3) is 82.3 Å². The molecule has 6 heteroatoms. The van der Waals surface area contributed by atoms with E-state index in [1.165, 1.54) is 21.5 Å². The van der Waals surface area contributed by atoms with Gasteiger partial charge in [0.1, 0.15) is 11.0 Å². The van der Waals surface area contributed by atoms with Gasteiger partial charge in [0.25, 0.3) is 0 Å². The van der Waals surface area contributed by atoms with Crippen LogP contribution in [-0.4, -0.2) is 19.4 Å². The van der Waals surface area contributed by atoms with E-state index in [1.807, 2.05) is 0 Å². The van der Waals surface area contributed by atoms with Crippen molar-refractivity contribution >= 4 is 105 Å². The lowest BCUT2D eigenvalue weighted by Crippen LogP contribution is -2.11. The lowest BCUT2D eigenvalue weighted by atomic mass is 10.0. The number of nitrogens with zero attached hydrogens (tertiary/aromatic N) is 5. The van der Waals surface area contributed by atoms with Crippen LogP contribution in [0.1, 0.15) is 0 Å². The van der Waals surface area contributed by atoms with Crippen LogP contribution in [0.15, 0.2) is 212 Å². The Balaban J connectivity index is 1.07. The first-order valence-corrected chi connectivity index (χ1v) is 21.0. The molecular formula is C56H36N6. The molecule has 0 bridgehead atoms. The number of aromatic nitrogens is 4. The molecule has 0 amide bonds. The molecule has 0 aliphatic heterocycles. The average molecular weight is 793 g/mol. The summed E-state index contributed by atoms with van der Waals surface area (Å²) in [5.74, 6) is 0. The summed E-state index contributed by atoms with van der Waals surface area (Å²) in [7, 11) is 0. The Morgan fingerprint density at radius 1 is 0.403 bits per heavy atom. The quantitative estimate of drug-likeness (QED) is 0.175. The zero-order chi connectivity index (χ0) is 40.7. The molecule has 290 valence electrons. The first-order valence-electron chi connectivity index (χ1n) is 21.0. The Labute approximate surface area is 356 Å². The summed E-state index contributed by atoms with van der Waals surface area (Å²) >= 11 is 0. The number of anilines is 6. The third kappa shape index (κ3) is 5.10. The molecule has 62 heavy (non-hydrogen) atoms. The lowest BCUT2D eigenvalue weighted by molar-refractivity contribution is 1.24. The molecule has 4 heterocycles. The van der Waals surface area contributed by atoms with Crippen molar-refractivity contribution in [3.63, 3.8) is 0 Å². The van der Waals surface area contributed by atoms with Crippen LogP contribution >= 0.6 is 0 Å². The number of para-hydroxylation sites is 6. The van der Waals surface area contributed by atoms with Crippen LogP contribution in [0.4, 0.5) is 34.1 Å². The fourth-order valence-corrected chi connectivity index (χ4v) is 9.77. The number of aromatic amines is 1. The molecule has 13 rings (SSSR count). The second kappa shape index (κ2) is 13.5. The molecule has 0 fully saturated rings. The number of benzene rings is 9. The van der Waals surface area contributed by atoms with Crippen molar-refractivity contribution in [3.8, 4) is 11.1 Å². The van der Waals surface area contributed by atoms with Gasteiger partial charge in [0.15, 0.2) is 11.3 Å². The maximum absolute atomic E-state index is 5.63. The molecule has 0 aliphatic rings. The Kier molecular flexibility index (Phi) is 7.50. The van der Waals surface area contributed by atoms with Gasteiger partial charge in [-0.25, -0.2) is 9.97 Å². The number of nitrogens with one attached hydrogen (secondary N) is 1. The minimum absolute atomic E-state index is 0.769. The third-order valence-electron chi connectivity index (χ3n) is 12.4. The molecule has 0 radical (unpaired) electrons. The van der Waals surface area contributed by atoms with Crippen molar-refractivity contribution in [2.45, 2.75) is 0 Å². The average Bonchev–Trinajstić information content (AvgIpc) is 4.00. The fourth-order valence-electron chi connectivity index (χ4n) is 9.77. The molecule has 4 aromatic heterocycles. The van der Waals surface area contributed by atoms with Crippen molar-refractivity contribution < 1.29 is 0 Å². The smallest absolute Gasteiger partial charge is 0.165 e. The van der Waals surface area contributed by atoms with Gasteiger partial charge in [0.05, 0.1) is 22.2 Å². The molecule has 0 spiro atoms. The van der Waals surface area contributed by atoms with Gasteiger partial charge >= 0.3 is 0 Å². The predicted molar refractivity (Wildman–Crippen MR) is 258 cm³/mol. The number of H-pyrrole nitrogens is 1. The Morgan fingerprint density at radius 2 is 0.952 bits per heavy atom. The summed E-state index contributed by atoms with van der Waals surface area (Å²) in [5.41, 5.74) is 15.3. The van der Waals surface area contributed by atoms with Gasteiger partial charge in [0, 0.05) is 55.5 Å². The summed E-state index contributed by atoms with van der Waals surface area (Å²) in [5, 5.41) is 6.90. The van der Waals surface area contributed by atoms with Crippen LogP contribution in [0.2, 0.25) is 0 Å². The minimum Gasteiger partial charge on any atom is -0.337 e. The van der Waals surface area contributed by atoms with Crippen molar-refractivity contribution in [1.82, 2.24) is 19.4 Å². The zero-order valence-electron chi connectivity index (χ0n) is 33.4. The Hall–Kier alpha value is -8.48. The van der Waals surface area contributed by atoms with Gasteiger partial charge in [-0.1, -0.05) is 146 Å². The van der Waals surface area contributed by atoms with E-state index < -0.39 is 0 Å². The van der Waals surface area contributed by atoms with E-state index in [4.69, 9.17) is 9.97 Å². The second-order valence-corrected chi connectivity index (χ2v) is 15.9. The van der Waals surface area contributed by atoms with E-state index in [-0.39, 0.29) is 0 Å². The molecule has 0 saturated heterocycles. The van der Waals surface area contributed by atoms with Crippen LogP contribution in [0.3, 0.4) is 0 Å². The molecular weight excluding hydrogens is 757 g/mol. The first-order chi connectivity index (χ1) is 30.8. The predicted octanol–water partition coefficient (Wildman–Crippen LogP) is 15.0. The molecule has 9 aromatic carbocycles. The number of rotatable bonds is 7. The Morgan fingerprint density at radius 3 is 1.65 bits per heavy atom. The van der Waals surface area contributed by atoms with Crippen LogP contribution < -0.4 is 9.80 Å². The number of hydrogen-bond acceptors (Lipinski definition) is 4. The van der Waals surface area contributed by atoms with Crippen LogP contribution in [-0.2, 0) is 0 Å². The van der Waals surface area contributed by atoms with Crippen molar-refractivity contribution in [2.24, 2.45) is 0 Å². The van der Waals surface area contributed by atoms with E-state index in [0.717, 1.165) is 94.9 Å². The van der Waals surface area contributed by atoms with E-state index in [2.05, 4.69) is 232 Å². The van der Waals surface area contributed by atoms with E-state index in [9.17, 15) is 0 Å².